The lowest BCUT2D eigenvalue weighted by molar-refractivity contribution is -0.131. The quantitative estimate of drug-likeness (QED) is 0.879. The number of aromatic carboxylic acids is 1. The van der Waals surface area contributed by atoms with Crippen molar-refractivity contribution >= 4 is 11.9 Å². The Labute approximate surface area is 141 Å². The number of aryl methyl sites for hydroxylation is 1. The van der Waals surface area contributed by atoms with Crippen LogP contribution in [0.3, 0.4) is 0 Å². The van der Waals surface area contributed by atoms with Crippen LogP contribution in [0.25, 0.3) is 0 Å². The van der Waals surface area contributed by atoms with Crippen LogP contribution in [-0.4, -0.2) is 28.9 Å². The summed E-state index contributed by atoms with van der Waals surface area (Å²) in [5, 5.41) is 9.06. The molecule has 2 aromatic rings. The molecule has 0 aliphatic heterocycles. The first-order valence-electron chi connectivity index (χ1n) is 7.83. The van der Waals surface area contributed by atoms with E-state index in [4.69, 9.17) is 9.52 Å². The van der Waals surface area contributed by atoms with Crippen LogP contribution >= 0.6 is 0 Å². The first-order chi connectivity index (χ1) is 11.2. The van der Waals surface area contributed by atoms with Gasteiger partial charge >= 0.3 is 5.97 Å². The molecule has 0 aliphatic carbocycles. The normalized spacial score (nSPS) is 11.3. The number of carbonyl (C=O) groups excluding carboxylic acids is 1. The fraction of sp³-hybridized carbons (Fsp3) is 0.368. The third kappa shape index (κ3) is 4.04. The zero-order valence-electron chi connectivity index (χ0n) is 14.5. The monoisotopic (exact) mass is 329 g/mol. The molecule has 24 heavy (non-hydrogen) atoms. The van der Waals surface area contributed by atoms with Gasteiger partial charge in [-0.1, -0.05) is 44.2 Å². The van der Waals surface area contributed by atoms with Crippen molar-refractivity contribution in [2.24, 2.45) is 0 Å². The highest BCUT2D eigenvalue weighted by Gasteiger charge is 2.26. The third-order valence-corrected chi connectivity index (χ3v) is 4.17. The zero-order valence-corrected chi connectivity index (χ0v) is 14.5. The van der Waals surface area contributed by atoms with Gasteiger partial charge in [-0.3, -0.25) is 4.79 Å². The minimum Gasteiger partial charge on any atom is -0.478 e. The van der Waals surface area contributed by atoms with Crippen molar-refractivity contribution in [2.75, 3.05) is 7.05 Å². The molecular weight excluding hydrogens is 306 g/mol. The first kappa shape index (κ1) is 17.8. The van der Waals surface area contributed by atoms with Gasteiger partial charge in [0.15, 0.2) is 0 Å². The molecule has 0 bridgehead atoms. The lowest BCUT2D eigenvalue weighted by atomic mass is 9.81. The predicted molar refractivity (Wildman–Crippen MR) is 91.0 cm³/mol. The number of hydrogen-bond donors (Lipinski definition) is 1. The van der Waals surface area contributed by atoms with E-state index < -0.39 is 5.97 Å². The summed E-state index contributed by atoms with van der Waals surface area (Å²) >= 11 is 0. The largest absolute Gasteiger partial charge is 0.478 e. The highest BCUT2D eigenvalue weighted by atomic mass is 16.4. The van der Waals surface area contributed by atoms with Crippen LogP contribution in [0.15, 0.2) is 40.8 Å². The van der Waals surface area contributed by atoms with Crippen molar-refractivity contribution in [3.8, 4) is 0 Å². The van der Waals surface area contributed by atoms with Crippen molar-refractivity contribution in [3.63, 3.8) is 0 Å². The Morgan fingerprint density at radius 3 is 2.38 bits per heavy atom. The number of carboxylic acid groups (broad SMARTS) is 1. The molecule has 0 radical (unpaired) electrons. The zero-order chi connectivity index (χ0) is 17.9. The Morgan fingerprint density at radius 1 is 1.21 bits per heavy atom. The molecule has 2 rings (SSSR count). The van der Waals surface area contributed by atoms with E-state index in [0.717, 1.165) is 5.56 Å². The molecule has 0 saturated heterocycles. The van der Waals surface area contributed by atoms with Crippen molar-refractivity contribution in [1.29, 1.82) is 0 Å². The summed E-state index contributed by atoms with van der Waals surface area (Å²) in [6.07, 6.45) is 0.360. The second-order valence-electron chi connectivity index (χ2n) is 6.66. The number of carboxylic acids is 1. The summed E-state index contributed by atoms with van der Waals surface area (Å²) in [5.41, 5.74) is 0.960. The topological polar surface area (TPSA) is 70.8 Å². The van der Waals surface area contributed by atoms with Crippen molar-refractivity contribution in [1.82, 2.24) is 4.90 Å². The van der Waals surface area contributed by atoms with Gasteiger partial charge in [-0.25, -0.2) is 4.79 Å². The number of nitrogens with zero attached hydrogens (tertiary/aromatic N) is 1. The van der Waals surface area contributed by atoms with Gasteiger partial charge < -0.3 is 14.4 Å². The number of carbonyl (C=O) groups is 2. The predicted octanol–water partition coefficient (Wildman–Crippen LogP) is 3.61. The van der Waals surface area contributed by atoms with E-state index in [1.807, 2.05) is 44.2 Å². The average Bonchev–Trinajstić information content (AvgIpc) is 2.88. The van der Waals surface area contributed by atoms with Gasteiger partial charge in [-0.2, -0.15) is 0 Å². The lowest BCUT2D eigenvalue weighted by Crippen LogP contribution is -2.32. The molecule has 5 nitrogen and oxygen atoms in total. The molecule has 1 heterocycles. The van der Waals surface area contributed by atoms with Crippen molar-refractivity contribution in [3.05, 3.63) is 59.0 Å². The van der Waals surface area contributed by atoms with E-state index in [1.54, 1.807) is 18.9 Å². The van der Waals surface area contributed by atoms with Crippen LogP contribution in [0.1, 0.15) is 47.7 Å². The summed E-state index contributed by atoms with van der Waals surface area (Å²) in [6, 6.07) is 11.4. The Kier molecular flexibility index (Phi) is 5.12. The Bertz CT molecular complexity index is 731. The van der Waals surface area contributed by atoms with Crippen LogP contribution in [0.2, 0.25) is 0 Å². The van der Waals surface area contributed by atoms with Crippen LogP contribution in [0.5, 0.6) is 0 Å². The van der Waals surface area contributed by atoms with Gasteiger partial charge in [0.1, 0.15) is 17.1 Å². The summed E-state index contributed by atoms with van der Waals surface area (Å²) in [6.45, 7) is 5.92. The van der Waals surface area contributed by atoms with Crippen LogP contribution in [-0.2, 0) is 16.8 Å². The van der Waals surface area contributed by atoms with Gasteiger partial charge in [0.2, 0.25) is 5.91 Å². The van der Waals surface area contributed by atoms with Crippen molar-refractivity contribution in [2.45, 2.75) is 39.2 Å². The van der Waals surface area contributed by atoms with Gasteiger partial charge in [-0.15, -0.1) is 0 Å². The molecule has 0 saturated carbocycles. The first-order valence-corrected chi connectivity index (χ1v) is 7.83. The number of hydrogen-bond acceptors (Lipinski definition) is 3. The van der Waals surface area contributed by atoms with E-state index in [1.165, 1.54) is 6.07 Å². The summed E-state index contributed by atoms with van der Waals surface area (Å²) in [4.78, 5) is 25.2. The molecule has 128 valence electrons. The van der Waals surface area contributed by atoms with Crippen LogP contribution in [0.4, 0.5) is 0 Å². The van der Waals surface area contributed by atoms with E-state index in [-0.39, 0.29) is 23.4 Å². The lowest BCUT2D eigenvalue weighted by Gasteiger charge is -2.27. The van der Waals surface area contributed by atoms with E-state index in [0.29, 0.717) is 17.9 Å². The van der Waals surface area contributed by atoms with Crippen molar-refractivity contribution < 1.29 is 19.1 Å². The molecule has 1 N–H and O–H groups in total. The maximum Gasteiger partial charge on any atom is 0.339 e. The second-order valence-corrected chi connectivity index (χ2v) is 6.66. The van der Waals surface area contributed by atoms with Crippen LogP contribution < -0.4 is 0 Å². The Morgan fingerprint density at radius 2 is 1.83 bits per heavy atom. The summed E-state index contributed by atoms with van der Waals surface area (Å²) < 4.78 is 5.44. The summed E-state index contributed by atoms with van der Waals surface area (Å²) in [7, 11) is 1.70. The molecule has 0 spiro atoms. The Balaban J connectivity index is 2.04. The van der Waals surface area contributed by atoms with Gasteiger partial charge in [0.05, 0.1) is 6.54 Å². The number of amides is 1. The number of rotatable bonds is 6. The molecular formula is C19H23NO4. The van der Waals surface area contributed by atoms with Crippen LogP contribution in [0, 0.1) is 6.92 Å². The molecule has 1 amide bonds. The molecule has 1 aromatic carbocycles. The molecule has 5 heteroatoms. The number of benzene rings is 1. The fourth-order valence-electron chi connectivity index (χ4n) is 2.66. The summed E-state index contributed by atoms with van der Waals surface area (Å²) in [5.74, 6) is -0.224. The minimum absolute atomic E-state index is 0.0187. The SMILES string of the molecule is Cc1oc(CN(C)C(=O)CC(C)(C)c2ccccc2)cc1C(=O)O. The standard InChI is InChI=1S/C19H23NO4/c1-13-16(18(22)23)10-15(24-13)12-20(4)17(21)11-19(2,3)14-8-6-5-7-9-14/h5-10H,11-12H2,1-4H3,(H,22,23). The second kappa shape index (κ2) is 6.91. The third-order valence-electron chi connectivity index (χ3n) is 4.17. The maximum atomic E-state index is 12.5. The maximum absolute atomic E-state index is 12.5. The highest BCUT2D eigenvalue weighted by Crippen LogP contribution is 2.27. The molecule has 0 fully saturated rings. The van der Waals surface area contributed by atoms with E-state index in [9.17, 15) is 9.59 Å². The van der Waals surface area contributed by atoms with Gasteiger partial charge in [0, 0.05) is 13.5 Å². The highest BCUT2D eigenvalue weighted by molar-refractivity contribution is 5.88. The molecule has 0 atom stereocenters. The molecule has 1 aromatic heterocycles. The number of furan rings is 1. The van der Waals surface area contributed by atoms with Gasteiger partial charge in [-0.05, 0) is 24.0 Å². The van der Waals surface area contributed by atoms with E-state index >= 15 is 0 Å². The Hall–Kier alpha value is -2.56. The van der Waals surface area contributed by atoms with Gasteiger partial charge in [0.25, 0.3) is 0 Å². The minimum atomic E-state index is -1.03. The molecule has 0 aliphatic rings. The fourth-order valence-corrected chi connectivity index (χ4v) is 2.66. The van der Waals surface area contributed by atoms with E-state index in [2.05, 4.69) is 0 Å². The average molecular weight is 329 g/mol. The molecule has 0 unspecified atom stereocenters. The smallest absolute Gasteiger partial charge is 0.339 e.